The van der Waals surface area contributed by atoms with E-state index >= 15 is 0 Å². The van der Waals surface area contributed by atoms with Crippen LogP contribution in [0.3, 0.4) is 0 Å². The van der Waals surface area contributed by atoms with Gasteiger partial charge in [0.2, 0.25) is 0 Å². The van der Waals surface area contributed by atoms with E-state index in [4.69, 9.17) is 23.2 Å². The molecule has 12 heteroatoms. The monoisotopic (exact) mass is 448 g/mol. The molecule has 154 valence electrons. The van der Waals surface area contributed by atoms with Crippen LogP contribution in [-0.4, -0.2) is 24.3 Å². The molecule has 29 heavy (non-hydrogen) atoms. The summed E-state index contributed by atoms with van der Waals surface area (Å²) in [5.74, 6) is -1.27. The number of hydrogen-bond acceptors (Lipinski definition) is 4. The van der Waals surface area contributed by atoms with Crippen molar-refractivity contribution in [2.24, 2.45) is 0 Å². The number of halogens is 5. The molecule has 0 saturated carbocycles. The highest BCUT2D eigenvalue weighted by Crippen LogP contribution is 2.29. The minimum absolute atomic E-state index is 0.0263. The van der Waals surface area contributed by atoms with Crippen molar-refractivity contribution in [1.29, 1.82) is 0 Å². The van der Waals surface area contributed by atoms with Gasteiger partial charge in [-0.1, -0.05) is 35.3 Å². The van der Waals surface area contributed by atoms with Gasteiger partial charge in [-0.3, -0.25) is 20.4 Å². The molecule has 2 aromatic carbocycles. The van der Waals surface area contributed by atoms with Gasteiger partial charge < -0.3 is 0 Å². The maximum absolute atomic E-state index is 12.5. The highest BCUT2D eigenvalue weighted by Gasteiger charge is 2.30. The number of ketones is 1. The molecule has 0 radical (unpaired) electrons. The van der Waals surface area contributed by atoms with Crippen LogP contribution in [-0.2, 0) is 6.18 Å². The zero-order valence-corrected chi connectivity index (χ0v) is 15.9. The molecule has 0 unspecified atom stereocenters. The molecular weight excluding hydrogens is 436 g/mol. The van der Waals surface area contributed by atoms with Crippen LogP contribution in [0.5, 0.6) is 0 Å². The molecule has 0 aliphatic carbocycles. The van der Waals surface area contributed by atoms with Crippen molar-refractivity contribution < 1.29 is 27.6 Å². The fourth-order valence-electron chi connectivity index (χ4n) is 2.04. The molecule has 0 spiro atoms. The van der Waals surface area contributed by atoms with Gasteiger partial charge in [0.05, 0.1) is 22.7 Å². The Morgan fingerprint density at radius 3 is 2.14 bits per heavy atom. The lowest BCUT2D eigenvalue weighted by Gasteiger charge is -2.11. The molecule has 0 fully saturated rings. The first-order valence-electron chi connectivity index (χ1n) is 7.82. The zero-order chi connectivity index (χ0) is 21.6. The van der Waals surface area contributed by atoms with E-state index in [0.717, 1.165) is 24.3 Å². The number of nitrogens with one attached hydrogen (secondary N) is 4. The quantitative estimate of drug-likeness (QED) is 0.416. The van der Waals surface area contributed by atoms with Crippen molar-refractivity contribution in [3.8, 4) is 0 Å². The lowest BCUT2D eigenvalue weighted by molar-refractivity contribution is -0.137. The summed E-state index contributed by atoms with van der Waals surface area (Å²) in [4.78, 5) is 35.4. The molecule has 0 heterocycles. The van der Waals surface area contributed by atoms with E-state index in [2.05, 4.69) is 16.3 Å². The van der Waals surface area contributed by atoms with Crippen LogP contribution < -0.4 is 21.7 Å². The van der Waals surface area contributed by atoms with Crippen LogP contribution >= 0.6 is 23.2 Å². The van der Waals surface area contributed by atoms with Crippen molar-refractivity contribution in [1.82, 2.24) is 21.7 Å². The number of urea groups is 1. The number of amides is 3. The molecule has 0 saturated heterocycles. The van der Waals surface area contributed by atoms with Gasteiger partial charge in [-0.25, -0.2) is 15.6 Å². The Morgan fingerprint density at radius 1 is 0.897 bits per heavy atom. The Kier molecular flexibility index (Phi) is 7.43. The highest BCUT2D eigenvalue weighted by atomic mass is 35.5. The van der Waals surface area contributed by atoms with Gasteiger partial charge in [-0.05, 0) is 30.3 Å². The molecule has 2 aromatic rings. The SMILES string of the molecule is O=C(NNCC(=O)c1ccc(C(F)(F)F)cc1)NNC(=O)c1ccc(Cl)cc1Cl. The maximum Gasteiger partial charge on any atom is 0.416 e. The predicted molar refractivity (Wildman–Crippen MR) is 99.4 cm³/mol. The number of carbonyl (C=O) groups excluding carboxylic acids is 3. The largest absolute Gasteiger partial charge is 0.416 e. The van der Waals surface area contributed by atoms with Crippen LogP contribution in [0.2, 0.25) is 10.0 Å². The van der Waals surface area contributed by atoms with Gasteiger partial charge in [0.25, 0.3) is 5.91 Å². The molecule has 0 atom stereocenters. The Hall–Kier alpha value is -2.82. The van der Waals surface area contributed by atoms with E-state index in [1.54, 1.807) is 0 Å². The normalized spacial score (nSPS) is 10.9. The van der Waals surface area contributed by atoms with E-state index in [1.165, 1.54) is 18.2 Å². The molecule has 2 rings (SSSR count). The first-order chi connectivity index (χ1) is 13.6. The summed E-state index contributed by atoms with van der Waals surface area (Å²) in [5.41, 5.74) is 7.69. The fourth-order valence-corrected chi connectivity index (χ4v) is 2.53. The number of rotatable bonds is 5. The Balaban J connectivity index is 1.76. The second kappa shape index (κ2) is 9.59. The van der Waals surface area contributed by atoms with Crippen LogP contribution in [0.1, 0.15) is 26.3 Å². The smallest absolute Gasteiger partial charge is 0.293 e. The molecule has 3 amide bonds. The average molecular weight is 449 g/mol. The number of hydrogen-bond donors (Lipinski definition) is 4. The van der Waals surface area contributed by atoms with Crippen molar-refractivity contribution in [2.45, 2.75) is 6.18 Å². The number of carbonyl (C=O) groups is 3. The number of hydrazine groups is 2. The fraction of sp³-hybridized carbons (Fsp3) is 0.118. The second-order valence-electron chi connectivity index (χ2n) is 5.51. The predicted octanol–water partition coefficient (Wildman–Crippen LogP) is 3.34. The molecular formula is C17H13Cl2F3N4O3. The minimum atomic E-state index is -4.50. The summed E-state index contributed by atoms with van der Waals surface area (Å²) in [6, 6.07) is 6.88. The summed E-state index contributed by atoms with van der Waals surface area (Å²) >= 11 is 11.6. The lowest BCUT2D eigenvalue weighted by Crippen LogP contribution is -2.52. The van der Waals surface area contributed by atoms with E-state index in [1.807, 2.05) is 5.43 Å². The first-order valence-corrected chi connectivity index (χ1v) is 8.58. The van der Waals surface area contributed by atoms with Crippen molar-refractivity contribution >= 4 is 40.9 Å². The third-order valence-corrected chi connectivity index (χ3v) is 4.00. The standard InChI is InChI=1S/C17H13Cl2F3N4O3/c18-11-5-6-12(13(19)7-11)15(28)24-26-16(29)25-23-8-14(27)9-1-3-10(4-2-9)17(20,21)22/h1-7,23H,8H2,(H,24,28)(H2,25,26,29). The van der Waals surface area contributed by atoms with Crippen LogP contribution in [0.15, 0.2) is 42.5 Å². The molecule has 4 N–H and O–H groups in total. The Bertz CT molecular complexity index is 921. The van der Waals surface area contributed by atoms with Gasteiger partial charge in [0.15, 0.2) is 5.78 Å². The summed E-state index contributed by atoms with van der Waals surface area (Å²) in [5, 5.41) is 0.414. The zero-order valence-electron chi connectivity index (χ0n) is 14.4. The van der Waals surface area contributed by atoms with Gasteiger partial charge in [-0.15, -0.1) is 0 Å². The summed E-state index contributed by atoms with van der Waals surface area (Å²) < 4.78 is 37.5. The van der Waals surface area contributed by atoms with Crippen LogP contribution in [0.4, 0.5) is 18.0 Å². The Morgan fingerprint density at radius 2 is 1.55 bits per heavy atom. The second-order valence-corrected chi connectivity index (χ2v) is 6.35. The van der Waals surface area contributed by atoms with E-state index in [-0.39, 0.29) is 16.1 Å². The molecule has 0 aliphatic rings. The number of Topliss-reactive ketones (excluding diaryl/α,β-unsaturated/α-hetero) is 1. The van der Waals surface area contributed by atoms with E-state index in [9.17, 15) is 27.6 Å². The van der Waals surface area contributed by atoms with Gasteiger partial charge in [0.1, 0.15) is 0 Å². The van der Waals surface area contributed by atoms with Crippen molar-refractivity contribution in [2.75, 3.05) is 6.54 Å². The average Bonchev–Trinajstić information content (AvgIpc) is 2.65. The molecule has 7 nitrogen and oxygen atoms in total. The third-order valence-electron chi connectivity index (χ3n) is 3.45. The number of benzene rings is 2. The van der Waals surface area contributed by atoms with Crippen LogP contribution in [0, 0.1) is 0 Å². The third kappa shape index (κ3) is 6.63. The van der Waals surface area contributed by atoms with Crippen molar-refractivity contribution in [3.63, 3.8) is 0 Å². The van der Waals surface area contributed by atoms with Crippen molar-refractivity contribution in [3.05, 3.63) is 69.2 Å². The van der Waals surface area contributed by atoms with E-state index < -0.39 is 36.0 Å². The van der Waals surface area contributed by atoms with Gasteiger partial charge >= 0.3 is 12.2 Å². The summed E-state index contributed by atoms with van der Waals surface area (Å²) in [7, 11) is 0. The van der Waals surface area contributed by atoms with Gasteiger partial charge in [-0.2, -0.15) is 13.2 Å². The highest BCUT2D eigenvalue weighted by molar-refractivity contribution is 6.36. The Labute approximate surface area is 172 Å². The molecule has 0 aromatic heterocycles. The van der Waals surface area contributed by atoms with Crippen LogP contribution in [0.25, 0.3) is 0 Å². The maximum atomic E-state index is 12.5. The summed E-state index contributed by atoms with van der Waals surface area (Å²) in [6.45, 7) is -0.393. The topological polar surface area (TPSA) is 99.3 Å². The summed E-state index contributed by atoms with van der Waals surface area (Å²) in [6.07, 6.45) is -4.50. The first kappa shape index (κ1) is 22.5. The molecule has 0 bridgehead atoms. The number of alkyl halides is 3. The molecule has 0 aliphatic heterocycles. The van der Waals surface area contributed by atoms with Gasteiger partial charge in [0, 0.05) is 10.6 Å². The minimum Gasteiger partial charge on any atom is -0.293 e. The van der Waals surface area contributed by atoms with E-state index in [0.29, 0.717) is 5.02 Å². The lowest BCUT2D eigenvalue weighted by atomic mass is 10.1.